The maximum atomic E-state index is 12.1. The summed E-state index contributed by atoms with van der Waals surface area (Å²) in [6.45, 7) is -0.851. The lowest BCUT2D eigenvalue weighted by molar-refractivity contribution is -0.402. The van der Waals surface area contributed by atoms with Crippen molar-refractivity contribution in [3.8, 4) is 6.07 Å². The van der Waals surface area contributed by atoms with Gasteiger partial charge in [0.05, 0.1) is 12.1 Å². The van der Waals surface area contributed by atoms with E-state index in [1.54, 1.807) is 30.3 Å². The van der Waals surface area contributed by atoms with Crippen LogP contribution in [0.5, 0.6) is 0 Å². The van der Waals surface area contributed by atoms with Crippen LogP contribution < -0.4 is 4.90 Å². The van der Waals surface area contributed by atoms with Crippen LogP contribution in [0.15, 0.2) is 46.9 Å². The molecule has 0 aliphatic rings. The van der Waals surface area contributed by atoms with Gasteiger partial charge in [0.15, 0.2) is 6.61 Å². The highest BCUT2D eigenvalue weighted by Gasteiger charge is 2.21. The number of nitro groups is 1. The zero-order valence-electron chi connectivity index (χ0n) is 12.2. The fraction of sp³-hybridized carbons (Fsp3) is 0.133. The van der Waals surface area contributed by atoms with Crippen LogP contribution in [0.3, 0.4) is 0 Å². The Morgan fingerprint density at radius 3 is 2.54 bits per heavy atom. The van der Waals surface area contributed by atoms with Crippen molar-refractivity contribution in [2.75, 3.05) is 18.1 Å². The van der Waals surface area contributed by atoms with Crippen LogP contribution in [-0.4, -0.2) is 30.0 Å². The monoisotopic (exact) mass is 329 g/mol. The number of carbonyl (C=O) groups is 2. The van der Waals surface area contributed by atoms with E-state index in [9.17, 15) is 19.7 Å². The molecule has 1 aromatic carbocycles. The fourth-order valence-electron chi connectivity index (χ4n) is 1.81. The molecule has 0 N–H and O–H groups in total. The number of ether oxygens (including phenoxy) is 1. The van der Waals surface area contributed by atoms with E-state index in [2.05, 4.69) is 4.42 Å². The molecular weight excluding hydrogens is 318 g/mol. The van der Waals surface area contributed by atoms with Crippen molar-refractivity contribution in [1.29, 1.82) is 5.26 Å². The third kappa shape index (κ3) is 3.95. The van der Waals surface area contributed by atoms with E-state index in [4.69, 9.17) is 10.00 Å². The molecule has 1 amide bonds. The van der Waals surface area contributed by atoms with Crippen LogP contribution in [0.2, 0.25) is 0 Å². The van der Waals surface area contributed by atoms with E-state index in [0.29, 0.717) is 5.69 Å². The highest BCUT2D eigenvalue weighted by molar-refractivity contribution is 5.96. The average molecular weight is 329 g/mol. The van der Waals surface area contributed by atoms with Crippen molar-refractivity contribution in [1.82, 2.24) is 0 Å². The van der Waals surface area contributed by atoms with Crippen LogP contribution in [0, 0.1) is 21.4 Å². The number of amides is 1. The zero-order valence-corrected chi connectivity index (χ0v) is 12.2. The molecular formula is C15H11N3O6. The summed E-state index contributed by atoms with van der Waals surface area (Å²) in [7, 11) is 0. The van der Waals surface area contributed by atoms with Gasteiger partial charge < -0.3 is 9.15 Å². The van der Waals surface area contributed by atoms with Gasteiger partial charge in [-0.1, -0.05) is 18.2 Å². The summed E-state index contributed by atoms with van der Waals surface area (Å²) in [4.78, 5) is 34.7. The molecule has 24 heavy (non-hydrogen) atoms. The second-order valence-electron chi connectivity index (χ2n) is 4.44. The van der Waals surface area contributed by atoms with Gasteiger partial charge in [-0.2, -0.15) is 5.26 Å². The van der Waals surface area contributed by atoms with Crippen molar-refractivity contribution in [2.24, 2.45) is 0 Å². The third-order valence-corrected chi connectivity index (χ3v) is 2.90. The van der Waals surface area contributed by atoms with Crippen LogP contribution >= 0.6 is 0 Å². The predicted molar refractivity (Wildman–Crippen MR) is 80.1 cm³/mol. The van der Waals surface area contributed by atoms with Gasteiger partial charge in [-0.3, -0.25) is 19.8 Å². The Morgan fingerprint density at radius 1 is 1.25 bits per heavy atom. The molecule has 0 saturated heterocycles. The summed E-state index contributed by atoms with van der Waals surface area (Å²) in [5, 5.41) is 19.3. The van der Waals surface area contributed by atoms with Crippen molar-refractivity contribution >= 4 is 23.4 Å². The maximum absolute atomic E-state index is 12.1. The average Bonchev–Trinajstić information content (AvgIpc) is 3.08. The van der Waals surface area contributed by atoms with Crippen LogP contribution in [0.4, 0.5) is 11.6 Å². The number of furan rings is 1. The summed E-state index contributed by atoms with van der Waals surface area (Å²) in [6, 6.07) is 12.3. The molecule has 2 aromatic rings. The van der Waals surface area contributed by atoms with Crippen molar-refractivity contribution in [3.63, 3.8) is 0 Å². The first-order valence-electron chi connectivity index (χ1n) is 6.66. The van der Waals surface area contributed by atoms with E-state index in [1.165, 1.54) is 0 Å². The standard InChI is InChI=1S/C15H11N3O6/c16-8-9-17(11-4-2-1-3-5-11)13(19)10-23-15(20)12-6-7-14(24-12)18(21)22/h1-7H,9-10H2. The van der Waals surface area contributed by atoms with Crippen molar-refractivity contribution in [3.05, 3.63) is 58.3 Å². The molecule has 0 radical (unpaired) electrons. The largest absolute Gasteiger partial charge is 0.450 e. The highest BCUT2D eigenvalue weighted by atomic mass is 16.7. The summed E-state index contributed by atoms with van der Waals surface area (Å²) in [5.41, 5.74) is 0.480. The molecule has 0 spiro atoms. The molecule has 0 aliphatic carbocycles. The number of benzene rings is 1. The van der Waals surface area contributed by atoms with Crippen molar-refractivity contribution < 1.29 is 23.7 Å². The molecule has 0 unspecified atom stereocenters. The third-order valence-electron chi connectivity index (χ3n) is 2.90. The maximum Gasteiger partial charge on any atom is 0.433 e. The Morgan fingerprint density at radius 2 is 1.96 bits per heavy atom. The molecule has 1 heterocycles. The number of nitriles is 1. The first kappa shape index (κ1) is 16.7. The predicted octanol–water partition coefficient (Wildman–Crippen LogP) is 1.90. The molecule has 0 fully saturated rings. The molecule has 0 atom stereocenters. The van der Waals surface area contributed by atoms with Gasteiger partial charge in [-0.15, -0.1) is 0 Å². The molecule has 1 aromatic heterocycles. The first-order chi connectivity index (χ1) is 11.5. The van der Waals surface area contributed by atoms with Crippen molar-refractivity contribution in [2.45, 2.75) is 0 Å². The lowest BCUT2D eigenvalue weighted by atomic mass is 10.3. The second-order valence-corrected chi connectivity index (χ2v) is 4.44. The Balaban J connectivity index is 2.01. The molecule has 122 valence electrons. The van der Waals surface area contributed by atoms with E-state index in [0.717, 1.165) is 17.0 Å². The lowest BCUT2D eigenvalue weighted by Gasteiger charge is -2.19. The topological polar surface area (TPSA) is 127 Å². The van der Waals surface area contributed by atoms with Gasteiger partial charge in [0.2, 0.25) is 5.76 Å². The summed E-state index contributed by atoms with van der Waals surface area (Å²) in [5.74, 6) is -2.62. The molecule has 9 heteroatoms. The SMILES string of the molecule is N#CCN(C(=O)COC(=O)c1ccc([N+](=O)[O-])o1)c1ccccc1. The molecule has 0 bridgehead atoms. The number of anilines is 1. The molecule has 0 saturated carbocycles. The molecule has 0 aliphatic heterocycles. The Kier molecular flexibility index (Phi) is 5.25. The number of para-hydroxylation sites is 1. The van der Waals surface area contributed by atoms with E-state index >= 15 is 0 Å². The van der Waals surface area contributed by atoms with Crippen LogP contribution in [-0.2, 0) is 9.53 Å². The summed E-state index contributed by atoms with van der Waals surface area (Å²) >= 11 is 0. The quantitative estimate of drug-likeness (QED) is 0.343. The zero-order chi connectivity index (χ0) is 17.5. The molecule has 9 nitrogen and oxygen atoms in total. The number of hydrogen-bond acceptors (Lipinski definition) is 7. The number of hydrogen-bond donors (Lipinski definition) is 0. The van der Waals surface area contributed by atoms with Crippen LogP contribution in [0.1, 0.15) is 10.6 Å². The van der Waals surface area contributed by atoms with Gasteiger partial charge in [0.1, 0.15) is 11.5 Å². The Hall–Kier alpha value is -3.67. The Bertz CT molecular complexity index is 793. The smallest absolute Gasteiger partial charge is 0.433 e. The molecule has 2 rings (SSSR count). The highest BCUT2D eigenvalue weighted by Crippen LogP contribution is 2.17. The van der Waals surface area contributed by atoms with Gasteiger partial charge in [-0.25, -0.2) is 4.79 Å². The van der Waals surface area contributed by atoms with E-state index in [-0.39, 0.29) is 12.3 Å². The van der Waals surface area contributed by atoms with E-state index in [1.807, 2.05) is 6.07 Å². The lowest BCUT2D eigenvalue weighted by Crippen LogP contribution is -2.35. The minimum Gasteiger partial charge on any atom is -0.450 e. The number of esters is 1. The minimum absolute atomic E-state index is 0.216. The summed E-state index contributed by atoms with van der Waals surface area (Å²) < 4.78 is 9.46. The van der Waals surface area contributed by atoms with Gasteiger partial charge in [-0.05, 0) is 18.2 Å². The number of carbonyl (C=O) groups excluding carboxylic acids is 2. The second kappa shape index (κ2) is 7.55. The normalized spacial score (nSPS) is 9.79. The van der Waals surface area contributed by atoms with Gasteiger partial charge in [0, 0.05) is 5.69 Å². The number of nitrogens with zero attached hydrogens (tertiary/aromatic N) is 3. The van der Waals surface area contributed by atoms with Gasteiger partial charge in [0.25, 0.3) is 5.91 Å². The summed E-state index contributed by atoms with van der Waals surface area (Å²) in [6.07, 6.45) is 0. The Labute approximate surface area is 135 Å². The van der Waals surface area contributed by atoms with E-state index < -0.39 is 29.3 Å². The van der Waals surface area contributed by atoms with Gasteiger partial charge >= 0.3 is 11.9 Å². The number of rotatable bonds is 6. The fourth-order valence-corrected chi connectivity index (χ4v) is 1.81. The van der Waals surface area contributed by atoms with Crippen LogP contribution in [0.25, 0.3) is 0 Å². The first-order valence-corrected chi connectivity index (χ1v) is 6.66. The minimum atomic E-state index is -1.01.